The molecule has 0 radical (unpaired) electrons. The number of hydrogen-bond donors (Lipinski definition) is 0. The topological polar surface area (TPSA) is 46.7 Å². The fourth-order valence-corrected chi connectivity index (χ4v) is 8.15. The summed E-state index contributed by atoms with van der Waals surface area (Å²) >= 11 is 0. The first-order valence-corrected chi connectivity index (χ1v) is 10.5. The number of ether oxygens (including phenoxy) is 1. The predicted molar refractivity (Wildman–Crippen MR) is 95.0 cm³/mol. The average Bonchev–Trinajstić information content (AvgIpc) is 3.18. The van der Waals surface area contributed by atoms with Crippen LogP contribution < -0.4 is 0 Å². The van der Waals surface area contributed by atoms with Gasteiger partial charge in [0, 0.05) is 25.2 Å². The first-order chi connectivity index (χ1) is 11.8. The first kappa shape index (κ1) is 16.5. The van der Waals surface area contributed by atoms with Crippen molar-refractivity contribution >= 4 is 11.6 Å². The molecule has 0 aromatic carbocycles. The SMILES string of the molecule is C[C@]12CC[C@@H]3[C@@H](CC(=O)[C@@H]4CC(=O)CC[C@]34C)[C@H]1CC[C@H]2[C@@]1(C)CO1. The summed E-state index contributed by atoms with van der Waals surface area (Å²) in [5.41, 5.74) is 0.534. The Morgan fingerprint density at radius 2 is 1.64 bits per heavy atom. The summed E-state index contributed by atoms with van der Waals surface area (Å²) < 4.78 is 5.86. The van der Waals surface area contributed by atoms with Crippen molar-refractivity contribution < 1.29 is 14.3 Å². The van der Waals surface area contributed by atoms with Crippen LogP contribution in [0.3, 0.4) is 0 Å². The molecule has 1 aliphatic heterocycles. The van der Waals surface area contributed by atoms with E-state index in [1.54, 1.807) is 0 Å². The van der Waals surface area contributed by atoms with Crippen LogP contribution in [-0.2, 0) is 14.3 Å². The average molecular weight is 344 g/mol. The van der Waals surface area contributed by atoms with E-state index in [-0.39, 0.29) is 16.9 Å². The van der Waals surface area contributed by atoms with Gasteiger partial charge in [-0.25, -0.2) is 0 Å². The molecule has 138 valence electrons. The lowest BCUT2D eigenvalue weighted by atomic mass is 9.44. The fourth-order valence-electron chi connectivity index (χ4n) is 8.15. The van der Waals surface area contributed by atoms with Gasteiger partial charge in [-0.05, 0) is 73.5 Å². The van der Waals surface area contributed by atoms with Gasteiger partial charge in [-0.15, -0.1) is 0 Å². The molecule has 25 heavy (non-hydrogen) atoms. The zero-order valence-corrected chi connectivity index (χ0v) is 16.0. The van der Waals surface area contributed by atoms with Crippen molar-refractivity contribution in [3.05, 3.63) is 0 Å². The van der Waals surface area contributed by atoms with E-state index in [1.165, 1.54) is 25.7 Å². The monoisotopic (exact) mass is 344 g/mol. The van der Waals surface area contributed by atoms with Crippen LogP contribution >= 0.6 is 0 Å². The highest BCUT2D eigenvalue weighted by molar-refractivity contribution is 5.90. The molecule has 0 unspecified atom stereocenters. The minimum absolute atomic E-state index is 0.0147. The molecule has 4 aliphatic carbocycles. The quantitative estimate of drug-likeness (QED) is 0.670. The number of carbonyl (C=O) groups is 2. The summed E-state index contributed by atoms with van der Waals surface area (Å²) in [6.45, 7) is 8.07. The Bertz CT molecular complexity index is 635. The van der Waals surface area contributed by atoms with Gasteiger partial charge in [0.2, 0.25) is 0 Å². The number of ketones is 2. The number of carbonyl (C=O) groups excluding carboxylic acids is 2. The largest absolute Gasteiger partial charge is 0.370 e. The second-order valence-electron chi connectivity index (χ2n) is 10.6. The second-order valence-corrected chi connectivity index (χ2v) is 10.6. The molecule has 0 spiro atoms. The molecule has 8 atom stereocenters. The number of fused-ring (bicyclic) bond motifs is 5. The van der Waals surface area contributed by atoms with E-state index in [1.807, 2.05) is 0 Å². The highest BCUT2D eigenvalue weighted by Gasteiger charge is 2.66. The van der Waals surface area contributed by atoms with E-state index in [0.717, 1.165) is 19.4 Å². The highest BCUT2D eigenvalue weighted by atomic mass is 16.6. The third-order valence-electron chi connectivity index (χ3n) is 9.62. The summed E-state index contributed by atoms with van der Waals surface area (Å²) in [6.07, 6.45) is 7.97. The molecule has 1 heterocycles. The summed E-state index contributed by atoms with van der Waals surface area (Å²) in [5.74, 6) is 3.27. The minimum atomic E-state index is 0.0147. The van der Waals surface area contributed by atoms with Crippen molar-refractivity contribution in [1.29, 1.82) is 0 Å². The van der Waals surface area contributed by atoms with E-state index < -0.39 is 0 Å². The third kappa shape index (κ3) is 2.08. The maximum atomic E-state index is 13.0. The molecule has 5 fully saturated rings. The maximum absolute atomic E-state index is 13.0. The molecule has 3 heteroatoms. The normalized spacial score (nSPS) is 57.6. The molecule has 1 saturated heterocycles. The van der Waals surface area contributed by atoms with E-state index in [9.17, 15) is 9.59 Å². The highest BCUT2D eigenvalue weighted by Crippen LogP contribution is 2.69. The standard InChI is InChI=1S/C22H32O3/c1-20-8-6-13(23)10-17(20)18(24)11-14-15-4-5-19(22(3)12-25-22)21(15,2)9-7-16(14)20/h14-17,19H,4-12H2,1-3H3/t14-,15+,16+,17-,19+,20+,21-,22+/m0/s1. The zero-order valence-electron chi connectivity index (χ0n) is 16.0. The lowest BCUT2D eigenvalue weighted by Gasteiger charge is -2.59. The molecular weight excluding hydrogens is 312 g/mol. The number of rotatable bonds is 1. The number of epoxide rings is 1. The molecule has 0 aromatic heterocycles. The zero-order chi connectivity index (χ0) is 17.6. The predicted octanol–water partition coefficient (Wildman–Crippen LogP) is 4.18. The number of hydrogen-bond acceptors (Lipinski definition) is 3. The van der Waals surface area contributed by atoms with Gasteiger partial charge in [0.25, 0.3) is 0 Å². The van der Waals surface area contributed by atoms with Gasteiger partial charge in [0.15, 0.2) is 0 Å². The molecule has 3 nitrogen and oxygen atoms in total. The molecule has 0 N–H and O–H groups in total. The van der Waals surface area contributed by atoms with Crippen molar-refractivity contribution in [1.82, 2.24) is 0 Å². The summed E-state index contributed by atoms with van der Waals surface area (Å²) in [7, 11) is 0. The fraction of sp³-hybridized carbons (Fsp3) is 0.909. The Labute approximate surface area is 151 Å². The van der Waals surface area contributed by atoms with Crippen molar-refractivity contribution in [2.45, 2.75) is 77.7 Å². The molecule has 0 aromatic rings. The van der Waals surface area contributed by atoms with Crippen LogP contribution in [0.25, 0.3) is 0 Å². The van der Waals surface area contributed by atoms with Crippen LogP contribution in [0.2, 0.25) is 0 Å². The van der Waals surface area contributed by atoms with Gasteiger partial charge in [-0.3, -0.25) is 9.59 Å². The lowest BCUT2D eigenvalue weighted by Crippen LogP contribution is -2.57. The van der Waals surface area contributed by atoms with Gasteiger partial charge in [0.1, 0.15) is 11.6 Å². The van der Waals surface area contributed by atoms with Gasteiger partial charge in [-0.2, -0.15) is 0 Å². The van der Waals surface area contributed by atoms with Crippen LogP contribution in [0.5, 0.6) is 0 Å². The molecule has 0 bridgehead atoms. The summed E-state index contributed by atoms with van der Waals surface area (Å²) in [5, 5.41) is 0. The van der Waals surface area contributed by atoms with Crippen LogP contribution in [0.4, 0.5) is 0 Å². The molecule has 5 aliphatic rings. The van der Waals surface area contributed by atoms with E-state index >= 15 is 0 Å². The van der Waals surface area contributed by atoms with Gasteiger partial charge in [-0.1, -0.05) is 13.8 Å². The van der Waals surface area contributed by atoms with Crippen molar-refractivity contribution in [3.63, 3.8) is 0 Å². The third-order valence-corrected chi connectivity index (χ3v) is 9.62. The number of Topliss-reactive ketones (excluding diaryl/α,β-unsaturated/α-hetero) is 2. The minimum Gasteiger partial charge on any atom is -0.370 e. The van der Waals surface area contributed by atoms with Gasteiger partial charge >= 0.3 is 0 Å². The van der Waals surface area contributed by atoms with Crippen LogP contribution in [-0.4, -0.2) is 23.8 Å². The van der Waals surface area contributed by atoms with E-state index in [4.69, 9.17) is 4.74 Å². The lowest BCUT2D eigenvalue weighted by molar-refractivity contribution is -0.159. The smallest absolute Gasteiger partial charge is 0.137 e. The van der Waals surface area contributed by atoms with Crippen LogP contribution in [0.15, 0.2) is 0 Å². The Morgan fingerprint density at radius 1 is 0.920 bits per heavy atom. The van der Waals surface area contributed by atoms with Gasteiger partial charge in [0.05, 0.1) is 12.2 Å². The van der Waals surface area contributed by atoms with E-state index in [2.05, 4.69) is 20.8 Å². The van der Waals surface area contributed by atoms with Crippen molar-refractivity contribution in [2.24, 2.45) is 40.4 Å². The van der Waals surface area contributed by atoms with Crippen LogP contribution in [0, 0.1) is 40.4 Å². The van der Waals surface area contributed by atoms with Crippen molar-refractivity contribution in [2.75, 3.05) is 6.61 Å². The van der Waals surface area contributed by atoms with Crippen molar-refractivity contribution in [3.8, 4) is 0 Å². The van der Waals surface area contributed by atoms with E-state index in [0.29, 0.717) is 53.5 Å². The Morgan fingerprint density at radius 3 is 2.36 bits per heavy atom. The molecule has 5 rings (SSSR count). The molecule has 0 amide bonds. The Kier molecular flexibility index (Phi) is 3.27. The first-order valence-electron chi connectivity index (χ1n) is 10.5. The summed E-state index contributed by atoms with van der Waals surface area (Å²) in [6, 6.07) is 0. The Hall–Kier alpha value is -0.700. The molecule has 4 saturated carbocycles. The Balaban J connectivity index is 1.48. The van der Waals surface area contributed by atoms with Crippen LogP contribution in [0.1, 0.15) is 72.1 Å². The second kappa shape index (κ2) is 4.97. The maximum Gasteiger partial charge on any atom is 0.137 e. The molecular formula is C22H32O3. The summed E-state index contributed by atoms with van der Waals surface area (Å²) in [4.78, 5) is 25.0. The van der Waals surface area contributed by atoms with Gasteiger partial charge < -0.3 is 4.74 Å².